The first-order valence-corrected chi connectivity index (χ1v) is 8.59. The number of nitrogens with zero attached hydrogens (tertiary/aromatic N) is 1. The number of rotatable bonds is 6. The van der Waals surface area contributed by atoms with Crippen molar-refractivity contribution in [2.45, 2.75) is 26.0 Å². The molecule has 138 valence electrons. The molecule has 0 radical (unpaired) electrons. The van der Waals surface area contributed by atoms with Crippen molar-refractivity contribution in [2.75, 3.05) is 26.2 Å². The van der Waals surface area contributed by atoms with Crippen LogP contribution in [0.5, 0.6) is 5.75 Å². The molecular formula is C20H28Cl2N2O. The lowest BCUT2D eigenvalue weighted by Gasteiger charge is -2.35. The zero-order valence-electron chi connectivity index (χ0n) is 14.7. The van der Waals surface area contributed by atoms with Crippen LogP contribution in [0, 0.1) is 0 Å². The minimum atomic E-state index is 0. The SMILES string of the molecule is CC[C@@H](c1ccccc1OCc1ccccc1)N1CCNCC1.Cl.Cl. The average Bonchev–Trinajstić information content (AvgIpc) is 2.63. The van der Waals surface area contributed by atoms with Crippen molar-refractivity contribution in [1.82, 2.24) is 10.2 Å². The van der Waals surface area contributed by atoms with E-state index in [-0.39, 0.29) is 24.8 Å². The van der Waals surface area contributed by atoms with Crippen molar-refractivity contribution in [3.63, 3.8) is 0 Å². The highest BCUT2D eigenvalue weighted by Gasteiger charge is 2.23. The molecule has 0 amide bonds. The van der Waals surface area contributed by atoms with Crippen LogP contribution in [0.1, 0.15) is 30.5 Å². The number of piperazine rings is 1. The van der Waals surface area contributed by atoms with Crippen LogP contribution >= 0.6 is 24.8 Å². The number of benzene rings is 2. The highest BCUT2D eigenvalue weighted by atomic mass is 35.5. The van der Waals surface area contributed by atoms with Gasteiger partial charge in [0, 0.05) is 37.8 Å². The summed E-state index contributed by atoms with van der Waals surface area (Å²) in [6.45, 7) is 7.24. The molecule has 2 aromatic rings. The number of ether oxygens (including phenoxy) is 1. The summed E-state index contributed by atoms with van der Waals surface area (Å²) >= 11 is 0. The normalized spacial score (nSPS) is 15.6. The molecule has 5 heteroatoms. The van der Waals surface area contributed by atoms with Crippen LogP contribution in [0.3, 0.4) is 0 Å². The van der Waals surface area contributed by atoms with E-state index in [9.17, 15) is 0 Å². The first kappa shape index (κ1) is 21.8. The molecule has 3 rings (SSSR count). The maximum Gasteiger partial charge on any atom is 0.124 e. The van der Waals surface area contributed by atoms with Crippen molar-refractivity contribution in [3.8, 4) is 5.75 Å². The van der Waals surface area contributed by atoms with Gasteiger partial charge in [0.1, 0.15) is 12.4 Å². The number of para-hydroxylation sites is 1. The summed E-state index contributed by atoms with van der Waals surface area (Å²) in [5, 5.41) is 3.43. The van der Waals surface area contributed by atoms with Gasteiger partial charge in [0.2, 0.25) is 0 Å². The summed E-state index contributed by atoms with van der Waals surface area (Å²) in [4.78, 5) is 2.57. The lowest BCUT2D eigenvalue weighted by molar-refractivity contribution is 0.164. The molecular weight excluding hydrogens is 355 g/mol. The van der Waals surface area contributed by atoms with Gasteiger partial charge in [0.25, 0.3) is 0 Å². The summed E-state index contributed by atoms with van der Waals surface area (Å²) < 4.78 is 6.15. The molecule has 1 atom stereocenters. The van der Waals surface area contributed by atoms with Crippen LogP contribution in [-0.4, -0.2) is 31.1 Å². The van der Waals surface area contributed by atoms with Crippen LogP contribution in [0.2, 0.25) is 0 Å². The Balaban J connectivity index is 0.00000156. The van der Waals surface area contributed by atoms with Crippen LogP contribution in [0.25, 0.3) is 0 Å². The Morgan fingerprint density at radius 2 is 1.60 bits per heavy atom. The Kier molecular flexibility index (Phi) is 9.91. The van der Waals surface area contributed by atoms with E-state index in [1.807, 2.05) is 6.07 Å². The zero-order valence-corrected chi connectivity index (χ0v) is 16.3. The third-order valence-corrected chi connectivity index (χ3v) is 4.49. The largest absolute Gasteiger partial charge is 0.489 e. The molecule has 1 aliphatic heterocycles. The van der Waals surface area contributed by atoms with E-state index in [4.69, 9.17) is 4.74 Å². The summed E-state index contributed by atoms with van der Waals surface area (Å²) in [6, 6.07) is 19.3. The van der Waals surface area contributed by atoms with E-state index in [2.05, 4.69) is 65.7 Å². The van der Waals surface area contributed by atoms with Crippen molar-refractivity contribution < 1.29 is 4.74 Å². The molecule has 3 nitrogen and oxygen atoms in total. The fraction of sp³-hybridized carbons (Fsp3) is 0.400. The molecule has 1 saturated heterocycles. The number of hydrogen-bond donors (Lipinski definition) is 1. The van der Waals surface area contributed by atoms with E-state index >= 15 is 0 Å². The minimum Gasteiger partial charge on any atom is -0.489 e. The molecule has 1 N–H and O–H groups in total. The van der Waals surface area contributed by atoms with Crippen molar-refractivity contribution in [3.05, 3.63) is 65.7 Å². The van der Waals surface area contributed by atoms with Gasteiger partial charge in [0.05, 0.1) is 0 Å². The summed E-state index contributed by atoms with van der Waals surface area (Å²) in [5.41, 5.74) is 2.52. The van der Waals surface area contributed by atoms with Gasteiger partial charge in [0.15, 0.2) is 0 Å². The van der Waals surface area contributed by atoms with E-state index in [0.717, 1.165) is 38.3 Å². The Morgan fingerprint density at radius 1 is 0.960 bits per heavy atom. The van der Waals surface area contributed by atoms with E-state index in [1.54, 1.807) is 0 Å². The van der Waals surface area contributed by atoms with Gasteiger partial charge in [-0.2, -0.15) is 0 Å². The first-order valence-electron chi connectivity index (χ1n) is 8.59. The molecule has 0 aromatic heterocycles. The maximum atomic E-state index is 6.15. The molecule has 1 aliphatic rings. The van der Waals surface area contributed by atoms with Crippen molar-refractivity contribution >= 4 is 24.8 Å². The van der Waals surface area contributed by atoms with Gasteiger partial charge < -0.3 is 10.1 Å². The number of nitrogens with one attached hydrogen (secondary N) is 1. The van der Waals surface area contributed by atoms with Gasteiger partial charge in [-0.15, -0.1) is 24.8 Å². The van der Waals surface area contributed by atoms with Gasteiger partial charge in [-0.25, -0.2) is 0 Å². The van der Waals surface area contributed by atoms with E-state index < -0.39 is 0 Å². The third kappa shape index (κ3) is 5.89. The molecule has 1 heterocycles. The van der Waals surface area contributed by atoms with Crippen molar-refractivity contribution in [1.29, 1.82) is 0 Å². The zero-order chi connectivity index (χ0) is 15.9. The predicted molar refractivity (Wildman–Crippen MR) is 109 cm³/mol. The highest BCUT2D eigenvalue weighted by Crippen LogP contribution is 2.32. The highest BCUT2D eigenvalue weighted by molar-refractivity contribution is 5.85. The Bertz CT molecular complexity index is 604. The Hall–Kier alpha value is -1.26. The summed E-state index contributed by atoms with van der Waals surface area (Å²) in [6.07, 6.45) is 1.10. The molecule has 1 fully saturated rings. The molecule has 0 aliphatic carbocycles. The van der Waals surface area contributed by atoms with Crippen LogP contribution < -0.4 is 10.1 Å². The molecule has 25 heavy (non-hydrogen) atoms. The van der Waals surface area contributed by atoms with Crippen molar-refractivity contribution in [2.24, 2.45) is 0 Å². The third-order valence-electron chi connectivity index (χ3n) is 4.49. The monoisotopic (exact) mass is 382 g/mol. The summed E-state index contributed by atoms with van der Waals surface area (Å²) in [7, 11) is 0. The molecule has 0 spiro atoms. The Labute approximate surface area is 163 Å². The number of halogens is 2. The van der Waals surface area contributed by atoms with E-state index in [1.165, 1.54) is 11.1 Å². The van der Waals surface area contributed by atoms with Gasteiger partial charge in [-0.05, 0) is 18.1 Å². The average molecular weight is 383 g/mol. The fourth-order valence-corrected chi connectivity index (χ4v) is 3.29. The van der Waals surface area contributed by atoms with Gasteiger partial charge in [-0.1, -0.05) is 55.5 Å². The second kappa shape index (κ2) is 11.4. The predicted octanol–water partition coefficient (Wildman–Crippen LogP) is 4.47. The van der Waals surface area contributed by atoms with Crippen LogP contribution in [-0.2, 0) is 6.61 Å². The first-order chi connectivity index (χ1) is 11.4. The molecule has 0 unspecified atom stereocenters. The van der Waals surface area contributed by atoms with Crippen LogP contribution in [0.4, 0.5) is 0 Å². The second-order valence-corrected chi connectivity index (χ2v) is 6.02. The Morgan fingerprint density at radius 3 is 2.28 bits per heavy atom. The number of hydrogen-bond acceptors (Lipinski definition) is 3. The maximum absolute atomic E-state index is 6.15. The molecule has 0 saturated carbocycles. The molecule has 0 bridgehead atoms. The second-order valence-electron chi connectivity index (χ2n) is 6.02. The lowest BCUT2D eigenvalue weighted by atomic mass is 10.0. The quantitative estimate of drug-likeness (QED) is 0.797. The van der Waals surface area contributed by atoms with Crippen LogP contribution in [0.15, 0.2) is 54.6 Å². The standard InChI is InChI=1S/C20H26N2O.2ClH/c1-2-19(22-14-12-21-13-15-22)18-10-6-7-11-20(18)23-16-17-8-4-3-5-9-17;;/h3-11,19,21H,2,12-16H2,1H3;2*1H/t19-;;/m0../s1. The minimum absolute atomic E-state index is 0. The topological polar surface area (TPSA) is 24.5 Å². The lowest BCUT2D eigenvalue weighted by Crippen LogP contribution is -2.45. The smallest absolute Gasteiger partial charge is 0.124 e. The summed E-state index contributed by atoms with van der Waals surface area (Å²) in [5.74, 6) is 1.02. The molecule has 2 aromatic carbocycles. The fourth-order valence-electron chi connectivity index (χ4n) is 3.29. The van der Waals surface area contributed by atoms with Gasteiger partial charge >= 0.3 is 0 Å². The van der Waals surface area contributed by atoms with Gasteiger partial charge in [-0.3, -0.25) is 4.90 Å². The van der Waals surface area contributed by atoms with E-state index in [0.29, 0.717) is 12.6 Å².